The molecule has 1 amide bonds. The standard InChI is InChI=1S/C18H21FN2O2S/c1-21(10-13-3-2-4-16(13)22)18(23)15-11-24-17(20-15)9-12-5-7-14(19)8-6-12/h5-8,11,13,16,22H,2-4,9-10H2,1H3. The van der Waals surface area contributed by atoms with E-state index in [1.807, 2.05) is 0 Å². The van der Waals surface area contributed by atoms with E-state index < -0.39 is 0 Å². The number of thiazole rings is 1. The highest BCUT2D eigenvalue weighted by Crippen LogP contribution is 2.26. The molecule has 1 fully saturated rings. The Labute approximate surface area is 145 Å². The Morgan fingerprint density at radius 3 is 2.79 bits per heavy atom. The zero-order valence-electron chi connectivity index (χ0n) is 13.6. The first-order valence-electron chi connectivity index (χ1n) is 8.15. The average Bonchev–Trinajstić information content (AvgIpc) is 3.19. The first kappa shape index (κ1) is 17.0. The van der Waals surface area contributed by atoms with Crippen LogP contribution in [0.1, 0.15) is 40.3 Å². The SMILES string of the molecule is CN(CC1CCCC1O)C(=O)c1csc(Cc2ccc(F)cc2)n1. The molecule has 4 nitrogen and oxygen atoms in total. The molecule has 0 radical (unpaired) electrons. The lowest BCUT2D eigenvalue weighted by Gasteiger charge is -2.22. The fraction of sp³-hybridized carbons (Fsp3) is 0.444. The number of halogens is 1. The maximum atomic E-state index is 12.9. The number of nitrogens with zero attached hydrogens (tertiary/aromatic N) is 2. The summed E-state index contributed by atoms with van der Waals surface area (Å²) in [7, 11) is 1.76. The van der Waals surface area contributed by atoms with Gasteiger partial charge in [-0.05, 0) is 30.5 Å². The number of hydrogen-bond acceptors (Lipinski definition) is 4. The van der Waals surface area contributed by atoms with Crippen molar-refractivity contribution in [3.63, 3.8) is 0 Å². The minimum absolute atomic E-state index is 0.115. The Kier molecular flexibility index (Phi) is 5.26. The summed E-state index contributed by atoms with van der Waals surface area (Å²) in [6.07, 6.45) is 3.09. The van der Waals surface area contributed by atoms with Gasteiger partial charge in [0.2, 0.25) is 0 Å². The van der Waals surface area contributed by atoms with Crippen molar-refractivity contribution in [3.8, 4) is 0 Å². The third-order valence-electron chi connectivity index (χ3n) is 4.51. The molecule has 1 aliphatic carbocycles. The van der Waals surface area contributed by atoms with Crippen LogP contribution < -0.4 is 0 Å². The Balaban J connectivity index is 1.61. The van der Waals surface area contributed by atoms with E-state index in [0.29, 0.717) is 18.7 Å². The second-order valence-corrected chi connectivity index (χ2v) is 7.32. The van der Waals surface area contributed by atoms with E-state index in [4.69, 9.17) is 0 Å². The fourth-order valence-electron chi connectivity index (χ4n) is 3.13. The molecule has 3 rings (SSSR count). The summed E-state index contributed by atoms with van der Waals surface area (Å²) in [6, 6.07) is 6.31. The summed E-state index contributed by atoms with van der Waals surface area (Å²) in [4.78, 5) is 18.6. The van der Waals surface area contributed by atoms with Crippen molar-refractivity contribution in [2.24, 2.45) is 5.92 Å². The van der Waals surface area contributed by atoms with Crippen LogP contribution >= 0.6 is 11.3 Å². The van der Waals surface area contributed by atoms with Gasteiger partial charge in [0.15, 0.2) is 0 Å². The van der Waals surface area contributed by atoms with Gasteiger partial charge in [-0.1, -0.05) is 18.6 Å². The Bertz CT molecular complexity index is 701. The first-order valence-corrected chi connectivity index (χ1v) is 9.03. The summed E-state index contributed by atoms with van der Waals surface area (Å²) >= 11 is 1.44. The second kappa shape index (κ2) is 7.40. The lowest BCUT2D eigenvalue weighted by Crippen LogP contribution is -2.34. The molecule has 0 aliphatic heterocycles. The number of hydrogen-bond donors (Lipinski definition) is 1. The van der Waals surface area contributed by atoms with E-state index in [0.717, 1.165) is 29.8 Å². The van der Waals surface area contributed by atoms with Gasteiger partial charge in [0.05, 0.1) is 11.1 Å². The predicted molar refractivity (Wildman–Crippen MR) is 91.6 cm³/mol. The molecule has 1 saturated carbocycles. The molecule has 0 saturated heterocycles. The summed E-state index contributed by atoms with van der Waals surface area (Å²) < 4.78 is 12.9. The molecular formula is C18H21FN2O2S. The number of aliphatic hydroxyl groups is 1. The number of aliphatic hydroxyl groups excluding tert-OH is 1. The van der Waals surface area contributed by atoms with Crippen LogP contribution in [0.2, 0.25) is 0 Å². The van der Waals surface area contributed by atoms with E-state index in [1.54, 1.807) is 29.5 Å². The molecule has 1 aliphatic rings. The maximum absolute atomic E-state index is 12.9. The van der Waals surface area contributed by atoms with E-state index >= 15 is 0 Å². The van der Waals surface area contributed by atoms with Gasteiger partial charge in [-0.3, -0.25) is 4.79 Å². The van der Waals surface area contributed by atoms with Crippen molar-refractivity contribution in [3.05, 3.63) is 51.7 Å². The topological polar surface area (TPSA) is 53.4 Å². The Hall–Kier alpha value is -1.79. The highest BCUT2D eigenvalue weighted by atomic mass is 32.1. The molecule has 24 heavy (non-hydrogen) atoms. The molecule has 128 valence electrons. The summed E-state index contributed by atoms with van der Waals surface area (Å²) in [5.74, 6) is -0.212. The molecule has 1 heterocycles. The van der Waals surface area contributed by atoms with Gasteiger partial charge in [-0.15, -0.1) is 11.3 Å². The second-order valence-electron chi connectivity index (χ2n) is 6.37. The average molecular weight is 348 g/mol. The maximum Gasteiger partial charge on any atom is 0.273 e. The highest BCUT2D eigenvalue weighted by molar-refractivity contribution is 7.09. The van der Waals surface area contributed by atoms with E-state index in [-0.39, 0.29) is 23.7 Å². The predicted octanol–water partition coefficient (Wildman–Crippen LogP) is 3.11. The number of amides is 1. The largest absolute Gasteiger partial charge is 0.393 e. The fourth-order valence-corrected chi connectivity index (χ4v) is 3.93. The van der Waals surface area contributed by atoms with Crippen LogP contribution in [0.5, 0.6) is 0 Å². The summed E-state index contributed by atoms with van der Waals surface area (Å²) in [5.41, 5.74) is 1.40. The van der Waals surface area contributed by atoms with Gasteiger partial charge in [0.1, 0.15) is 11.5 Å². The van der Waals surface area contributed by atoms with Gasteiger partial charge >= 0.3 is 0 Å². The number of carbonyl (C=O) groups is 1. The van der Waals surface area contributed by atoms with Crippen LogP contribution in [0.15, 0.2) is 29.6 Å². The number of benzene rings is 1. The van der Waals surface area contributed by atoms with Gasteiger partial charge in [0.25, 0.3) is 5.91 Å². The van der Waals surface area contributed by atoms with Crippen molar-refractivity contribution in [1.82, 2.24) is 9.88 Å². The number of carbonyl (C=O) groups excluding carboxylic acids is 1. The molecule has 1 aromatic carbocycles. The lowest BCUT2D eigenvalue weighted by molar-refractivity contribution is 0.0689. The van der Waals surface area contributed by atoms with E-state index in [9.17, 15) is 14.3 Å². The summed E-state index contributed by atoms with van der Waals surface area (Å²) in [5, 5.41) is 12.5. The molecular weight excluding hydrogens is 327 g/mol. The zero-order valence-corrected chi connectivity index (χ0v) is 14.4. The smallest absolute Gasteiger partial charge is 0.273 e. The summed E-state index contributed by atoms with van der Waals surface area (Å²) in [6.45, 7) is 0.560. The quantitative estimate of drug-likeness (QED) is 0.903. The lowest BCUT2D eigenvalue weighted by atomic mass is 10.1. The van der Waals surface area contributed by atoms with Gasteiger partial charge in [-0.2, -0.15) is 0 Å². The van der Waals surface area contributed by atoms with Gasteiger partial charge < -0.3 is 10.0 Å². The molecule has 0 spiro atoms. The Morgan fingerprint density at radius 2 is 2.12 bits per heavy atom. The third kappa shape index (κ3) is 3.99. The number of aromatic nitrogens is 1. The molecule has 2 atom stereocenters. The van der Waals surface area contributed by atoms with Crippen molar-refractivity contribution in [2.45, 2.75) is 31.8 Å². The van der Waals surface area contributed by atoms with Crippen molar-refractivity contribution in [1.29, 1.82) is 0 Å². The minimum atomic E-state index is -0.301. The van der Waals surface area contributed by atoms with Crippen LogP contribution in [0, 0.1) is 11.7 Å². The molecule has 2 unspecified atom stereocenters. The van der Waals surface area contributed by atoms with Crippen LogP contribution in [0.4, 0.5) is 4.39 Å². The van der Waals surface area contributed by atoms with Gasteiger partial charge in [-0.25, -0.2) is 9.37 Å². The monoisotopic (exact) mass is 348 g/mol. The molecule has 1 aromatic heterocycles. The normalized spacial score (nSPS) is 20.3. The zero-order chi connectivity index (χ0) is 17.1. The third-order valence-corrected chi connectivity index (χ3v) is 5.36. The van der Waals surface area contributed by atoms with Crippen LogP contribution in [-0.2, 0) is 6.42 Å². The van der Waals surface area contributed by atoms with Crippen LogP contribution in [-0.4, -0.2) is 40.6 Å². The van der Waals surface area contributed by atoms with Crippen molar-refractivity contribution in [2.75, 3.05) is 13.6 Å². The molecule has 1 N–H and O–H groups in total. The van der Waals surface area contributed by atoms with E-state index in [2.05, 4.69) is 4.98 Å². The molecule has 0 bridgehead atoms. The van der Waals surface area contributed by atoms with E-state index in [1.165, 1.54) is 23.5 Å². The molecule has 6 heteroatoms. The minimum Gasteiger partial charge on any atom is -0.393 e. The first-order chi connectivity index (χ1) is 11.5. The highest BCUT2D eigenvalue weighted by Gasteiger charge is 2.28. The van der Waals surface area contributed by atoms with Crippen LogP contribution in [0.3, 0.4) is 0 Å². The Morgan fingerprint density at radius 1 is 1.38 bits per heavy atom. The van der Waals surface area contributed by atoms with Crippen molar-refractivity contribution < 1.29 is 14.3 Å². The van der Waals surface area contributed by atoms with Crippen LogP contribution in [0.25, 0.3) is 0 Å². The number of rotatable bonds is 5. The van der Waals surface area contributed by atoms with Gasteiger partial charge in [0, 0.05) is 31.3 Å². The van der Waals surface area contributed by atoms with Crippen molar-refractivity contribution >= 4 is 17.2 Å². The molecule has 2 aromatic rings.